The van der Waals surface area contributed by atoms with Crippen LogP contribution in [0.3, 0.4) is 0 Å². The van der Waals surface area contributed by atoms with Crippen LogP contribution in [0, 0.1) is 5.41 Å². The Balaban J connectivity index is 1.09. The van der Waals surface area contributed by atoms with Crippen molar-refractivity contribution in [3.63, 3.8) is 0 Å². The number of allylic oxidation sites excluding steroid dienone is 1. The predicted octanol–water partition coefficient (Wildman–Crippen LogP) is 7.40. The number of benzene rings is 1. The third-order valence-corrected chi connectivity index (χ3v) is 9.33. The number of alkyl halides is 3. The number of piperidine rings is 1. The number of pyridine rings is 1. The minimum Gasteiger partial charge on any atom is -0.477 e. The molecule has 7 rings (SSSR count). The van der Waals surface area contributed by atoms with Crippen molar-refractivity contribution in [3.05, 3.63) is 64.6 Å². The summed E-state index contributed by atoms with van der Waals surface area (Å²) in [6.45, 7) is 1.67. The third kappa shape index (κ3) is 4.46. The Morgan fingerprint density at radius 3 is 2.55 bits per heavy atom. The van der Waals surface area contributed by atoms with Crippen LogP contribution in [0.1, 0.15) is 71.8 Å². The molecular formula is C29H25F3N4O3S. The molecule has 0 unspecified atom stereocenters. The van der Waals surface area contributed by atoms with Crippen LogP contribution in [0.15, 0.2) is 46.5 Å². The number of fused-ring (bicyclic) bond motifs is 1. The lowest BCUT2D eigenvalue weighted by Crippen LogP contribution is -2.44. The monoisotopic (exact) mass is 566 g/mol. The van der Waals surface area contributed by atoms with Gasteiger partial charge in [0.2, 0.25) is 0 Å². The molecular weight excluding hydrogens is 541 g/mol. The molecule has 1 aromatic carbocycles. The molecule has 4 aromatic rings. The number of anilines is 1. The molecule has 0 radical (unpaired) electrons. The van der Waals surface area contributed by atoms with Crippen molar-refractivity contribution < 1.29 is 27.6 Å². The zero-order valence-corrected chi connectivity index (χ0v) is 22.2. The molecule has 1 N–H and O–H groups in total. The lowest BCUT2D eigenvalue weighted by Gasteiger charge is -2.49. The lowest BCUT2D eigenvalue weighted by molar-refractivity contribution is -0.137. The largest absolute Gasteiger partial charge is 0.477 e. The molecule has 1 aliphatic heterocycles. The number of carboxylic acids is 1. The van der Waals surface area contributed by atoms with Gasteiger partial charge in [0, 0.05) is 30.1 Å². The molecule has 1 spiro atoms. The van der Waals surface area contributed by atoms with Crippen LogP contribution < -0.4 is 4.90 Å². The molecule has 3 fully saturated rings. The Morgan fingerprint density at radius 2 is 1.85 bits per heavy atom. The van der Waals surface area contributed by atoms with E-state index in [0.717, 1.165) is 62.8 Å². The molecule has 11 heteroatoms. The summed E-state index contributed by atoms with van der Waals surface area (Å²) in [5.41, 5.74) is 2.42. The van der Waals surface area contributed by atoms with Gasteiger partial charge in [-0.15, -0.1) is 0 Å². The number of carbonyl (C=O) groups is 1. The summed E-state index contributed by atoms with van der Waals surface area (Å²) in [5.74, 6) is -0.137. The van der Waals surface area contributed by atoms with Crippen LogP contribution in [0.4, 0.5) is 18.3 Å². The van der Waals surface area contributed by atoms with E-state index in [4.69, 9.17) is 4.52 Å². The number of aromatic nitrogens is 3. The van der Waals surface area contributed by atoms with Crippen LogP contribution in [-0.2, 0) is 6.18 Å². The van der Waals surface area contributed by atoms with E-state index in [1.54, 1.807) is 12.1 Å². The molecule has 4 heterocycles. The van der Waals surface area contributed by atoms with Gasteiger partial charge in [-0.05, 0) is 68.2 Å². The van der Waals surface area contributed by atoms with Gasteiger partial charge in [0.05, 0.1) is 5.56 Å². The van der Waals surface area contributed by atoms with Crippen molar-refractivity contribution >= 4 is 38.9 Å². The van der Waals surface area contributed by atoms with Gasteiger partial charge in [0.15, 0.2) is 5.13 Å². The van der Waals surface area contributed by atoms with Crippen molar-refractivity contribution in [1.82, 2.24) is 15.1 Å². The maximum Gasteiger partial charge on any atom is 0.417 e. The van der Waals surface area contributed by atoms with E-state index in [9.17, 15) is 23.1 Å². The van der Waals surface area contributed by atoms with E-state index >= 15 is 0 Å². The molecule has 0 amide bonds. The summed E-state index contributed by atoms with van der Waals surface area (Å²) < 4.78 is 47.0. The van der Waals surface area contributed by atoms with Crippen molar-refractivity contribution in [2.24, 2.45) is 5.41 Å². The van der Waals surface area contributed by atoms with Crippen LogP contribution in [-0.4, -0.2) is 39.3 Å². The highest BCUT2D eigenvalue weighted by atomic mass is 32.1. The average molecular weight is 567 g/mol. The molecule has 1 saturated heterocycles. The second kappa shape index (κ2) is 9.15. The van der Waals surface area contributed by atoms with Gasteiger partial charge in [-0.2, -0.15) is 13.2 Å². The first-order valence-corrected chi connectivity index (χ1v) is 14.1. The fraction of sp³-hybridized carbons (Fsp3) is 0.379. The predicted molar refractivity (Wildman–Crippen MR) is 144 cm³/mol. The Labute approximate surface area is 231 Å². The third-order valence-electron chi connectivity index (χ3n) is 8.30. The van der Waals surface area contributed by atoms with Crippen molar-refractivity contribution in [2.75, 3.05) is 18.0 Å². The van der Waals surface area contributed by atoms with Gasteiger partial charge in [0.1, 0.15) is 27.5 Å². The van der Waals surface area contributed by atoms with Crippen LogP contribution in [0.2, 0.25) is 0 Å². The molecule has 40 heavy (non-hydrogen) atoms. The van der Waals surface area contributed by atoms with E-state index < -0.39 is 17.7 Å². The van der Waals surface area contributed by atoms with Crippen molar-refractivity contribution in [3.8, 4) is 11.3 Å². The Bertz CT molecular complexity index is 1650. The zero-order chi connectivity index (χ0) is 27.6. The Kier molecular flexibility index (Phi) is 5.78. The van der Waals surface area contributed by atoms with E-state index in [2.05, 4.69) is 20.0 Å². The van der Waals surface area contributed by atoms with Gasteiger partial charge in [-0.3, -0.25) is 0 Å². The van der Waals surface area contributed by atoms with Crippen LogP contribution in [0.5, 0.6) is 0 Å². The molecule has 2 aliphatic carbocycles. The average Bonchev–Trinajstić information content (AvgIpc) is 3.53. The topological polar surface area (TPSA) is 92.3 Å². The maximum absolute atomic E-state index is 13.8. The fourth-order valence-electron chi connectivity index (χ4n) is 6.02. The number of halogens is 3. The molecule has 0 atom stereocenters. The summed E-state index contributed by atoms with van der Waals surface area (Å²) in [6, 6.07) is 8.73. The summed E-state index contributed by atoms with van der Waals surface area (Å²) >= 11 is 1.41. The van der Waals surface area contributed by atoms with Crippen LogP contribution in [0.25, 0.3) is 27.7 Å². The van der Waals surface area contributed by atoms with Crippen molar-refractivity contribution in [2.45, 2.75) is 50.6 Å². The number of hydrogen-bond acceptors (Lipinski definition) is 7. The Morgan fingerprint density at radius 1 is 1.10 bits per heavy atom. The molecule has 3 aliphatic rings. The second-order valence-corrected chi connectivity index (χ2v) is 12.0. The standard InChI is InChI=1S/C29H25F3N4O3S/c30-29(31,32)20-4-2-1-3-18(20)23-19(24(39-35-23)17-5-6-17)13-16-14-28(15-16)9-11-36(12-10-28)27-34-21-7-8-22(26(37)38)33-25(21)40-27/h1-4,7-8,13,17H,5-6,9-12,14-15H2,(H,37,38). The number of carboxylic acid groups (broad SMARTS) is 1. The molecule has 206 valence electrons. The highest BCUT2D eigenvalue weighted by Crippen LogP contribution is 2.54. The number of thiazole rings is 1. The summed E-state index contributed by atoms with van der Waals surface area (Å²) in [5, 5.41) is 14.2. The number of rotatable bonds is 5. The highest BCUT2D eigenvalue weighted by molar-refractivity contribution is 7.21. The maximum atomic E-state index is 13.8. The number of hydrogen-bond donors (Lipinski definition) is 1. The molecule has 3 aromatic heterocycles. The normalized spacial score (nSPS) is 18.8. The SMILES string of the molecule is O=C(O)c1ccc2nc(N3CCC4(CC3)CC(=Cc3c(-c5ccccc5C(F)(F)F)noc3C3CC3)C4)sc2n1. The first kappa shape index (κ1) is 25.3. The Hall–Kier alpha value is -3.73. The van der Waals surface area contributed by atoms with Gasteiger partial charge >= 0.3 is 12.1 Å². The summed E-state index contributed by atoms with van der Waals surface area (Å²) in [6.07, 6.45) is 3.25. The minimum atomic E-state index is -4.48. The first-order chi connectivity index (χ1) is 19.2. The fourth-order valence-corrected chi connectivity index (χ4v) is 7.01. The van der Waals surface area contributed by atoms with E-state index in [1.165, 1.54) is 35.1 Å². The highest BCUT2D eigenvalue weighted by Gasteiger charge is 2.44. The number of nitrogens with zero attached hydrogens (tertiary/aromatic N) is 4. The quantitative estimate of drug-likeness (QED) is 0.269. The molecule has 7 nitrogen and oxygen atoms in total. The van der Waals surface area contributed by atoms with Gasteiger partial charge in [-0.1, -0.05) is 40.3 Å². The van der Waals surface area contributed by atoms with Crippen LogP contribution >= 0.6 is 11.3 Å². The zero-order valence-electron chi connectivity index (χ0n) is 21.4. The molecule has 2 saturated carbocycles. The summed E-state index contributed by atoms with van der Waals surface area (Å²) in [4.78, 5) is 23.0. The lowest BCUT2D eigenvalue weighted by atomic mass is 9.60. The van der Waals surface area contributed by atoms with Gasteiger partial charge in [-0.25, -0.2) is 14.8 Å². The molecule has 0 bridgehead atoms. The first-order valence-electron chi connectivity index (χ1n) is 13.3. The van der Waals surface area contributed by atoms with Crippen molar-refractivity contribution in [1.29, 1.82) is 0 Å². The minimum absolute atomic E-state index is 0.0109. The van der Waals surface area contributed by atoms with Gasteiger partial charge < -0.3 is 14.5 Å². The smallest absolute Gasteiger partial charge is 0.417 e. The van der Waals surface area contributed by atoms with E-state index in [-0.39, 0.29) is 28.3 Å². The van der Waals surface area contributed by atoms with Gasteiger partial charge in [0.25, 0.3) is 0 Å². The number of aromatic carboxylic acids is 1. The van der Waals surface area contributed by atoms with E-state index in [0.29, 0.717) is 21.7 Å². The van der Waals surface area contributed by atoms with E-state index in [1.807, 2.05) is 6.08 Å². The second-order valence-electron chi connectivity index (χ2n) is 11.1. The summed E-state index contributed by atoms with van der Waals surface area (Å²) in [7, 11) is 0.